The molecule has 59 heavy (non-hydrogen) atoms. The molecule has 6 aromatic carbocycles. The minimum atomic E-state index is -1.26. The fraction of sp³-hybridized carbons (Fsp3) is 0.102. The molecule has 0 amide bonds. The van der Waals surface area contributed by atoms with Crippen molar-refractivity contribution in [1.82, 2.24) is 0 Å². The van der Waals surface area contributed by atoms with Gasteiger partial charge in [0.2, 0.25) is 0 Å². The van der Waals surface area contributed by atoms with Gasteiger partial charge in [-0.25, -0.2) is 19.2 Å². The lowest BCUT2D eigenvalue weighted by Crippen LogP contribution is -2.29. The number of carboxylic acids is 2. The summed E-state index contributed by atoms with van der Waals surface area (Å²) in [6.07, 6.45) is 3.14. The number of carbonyl (C=O) groups excluding carboxylic acids is 2. The van der Waals surface area contributed by atoms with Crippen LogP contribution in [-0.4, -0.2) is 60.5 Å². The molecule has 1 aliphatic rings. The second-order valence-electron chi connectivity index (χ2n) is 13.4. The summed E-state index contributed by atoms with van der Waals surface area (Å²) in [6.45, 7) is -0.247. The Bertz CT molecular complexity index is 2380. The first-order valence-electron chi connectivity index (χ1n) is 18.8. The highest BCUT2D eigenvalue weighted by atomic mass is 16.6. The van der Waals surface area contributed by atoms with Crippen molar-refractivity contribution in [2.24, 2.45) is 0 Å². The molecule has 0 heterocycles. The van der Waals surface area contributed by atoms with Crippen LogP contribution in [0.2, 0.25) is 0 Å². The van der Waals surface area contributed by atoms with Crippen molar-refractivity contribution in [1.29, 1.82) is 0 Å². The molecule has 0 unspecified atom stereocenters. The van der Waals surface area contributed by atoms with Crippen LogP contribution >= 0.6 is 0 Å². The minimum absolute atomic E-state index is 0.00343. The lowest BCUT2D eigenvalue weighted by molar-refractivity contribution is -0.139. The van der Waals surface area contributed by atoms with E-state index in [2.05, 4.69) is 36.4 Å². The molecule has 7 rings (SSSR count). The summed E-state index contributed by atoms with van der Waals surface area (Å²) in [5.74, 6) is -3.01. The molecular formula is C49H38O10. The molecule has 0 aromatic heterocycles. The van der Waals surface area contributed by atoms with Crippen molar-refractivity contribution in [3.05, 3.63) is 192 Å². The first-order chi connectivity index (χ1) is 28.8. The zero-order valence-corrected chi connectivity index (χ0v) is 31.7. The molecule has 0 fully saturated rings. The Hall–Kier alpha value is -7.72. The number of benzene rings is 6. The van der Waals surface area contributed by atoms with Gasteiger partial charge in [-0.3, -0.25) is 0 Å². The van der Waals surface area contributed by atoms with Crippen LogP contribution in [0.25, 0.3) is 33.4 Å². The van der Waals surface area contributed by atoms with Crippen LogP contribution in [0.1, 0.15) is 22.3 Å². The molecule has 1 aliphatic carbocycles. The van der Waals surface area contributed by atoms with Crippen molar-refractivity contribution in [2.45, 2.75) is 5.41 Å². The highest BCUT2D eigenvalue weighted by Crippen LogP contribution is 2.57. The van der Waals surface area contributed by atoms with Gasteiger partial charge in [0, 0.05) is 35.4 Å². The summed E-state index contributed by atoms with van der Waals surface area (Å²) < 4.78 is 23.3. The van der Waals surface area contributed by atoms with Gasteiger partial charge in [0.25, 0.3) is 0 Å². The fourth-order valence-corrected chi connectivity index (χ4v) is 7.45. The molecule has 0 atom stereocenters. The van der Waals surface area contributed by atoms with Gasteiger partial charge in [-0.1, -0.05) is 133 Å². The van der Waals surface area contributed by atoms with Crippen molar-refractivity contribution < 1.29 is 48.3 Å². The number of hydrogen-bond acceptors (Lipinski definition) is 8. The number of carbonyl (C=O) groups is 4. The molecule has 2 N–H and O–H groups in total. The van der Waals surface area contributed by atoms with E-state index in [4.69, 9.17) is 29.2 Å². The lowest BCUT2D eigenvalue weighted by Gasteiger charge is -2.35. The van der Waals surface area contributed by atoms with E-state index in [1.807, 2.05) is 109 Å². The Balaban J connectivity index is 1.35. The van der Waals surface area contributed by atoms with Crippen LogP contribution < -0.4 is 9.47 Å². The maximum Gasteiger partial charge on any atom is 0.331 e. The van der Waals surface area contributed by atoms with Gasteiger partial charge in [-0.05, 0) is 56.6 Å². The third kappa shape index (κ3) is 8.67. The smallest absolute Gasteiger partial charge is 0.331 e. The molecule has 0 radical (unpaired) electrons. The Kier molecular flexibility index (Phi) is 12.1. The summed E-state index contributed by atoms with van der Waals surface area (Å²) in [5.41, 5.74) is 8.56. The second-order valence-corrected chi connectivity index (χ2v) is 13.4. The van der Waals surface area contributed by atoms with Crippen LogP contribution in [0.5, 0.6) is 11.5 Å². The summed E-state index contributed by atoms with van der Waals surface area (Å²) in [5, 5.41) is 17.8. The van der Waals surface area contributed by atoms with E-state index in [1.165, 1.54) is 0 Å². The third-order valence-corrected chi connectivity index (χ3v) is 9.85. The van der Waals surface area contributed by atoms with Crippen molar-refractivity contribution in [3.8, 4) is 44.9 Å². The summed E-state index contributed by atoms with van der Waals surface area (Å²) in [7, 11) is 0. The zero-order valence-electron chi connectivity index (χ0n) is 31.7. The van der Waals surface area contributed by atoms with Gasteiger partial charge >= 0.3 is 23.9 Å². The molecule has 294 valence electrons. The standard InChI is InChI=1S/C49H38O10/c50-45(51)23-25-47(54)58-29-27-56-43-31-35(19-21-37(43)33-11-3-1-4-12-33)49(41-17-9-7-15-39(41)40-16-8-10-18-42(40)49)36-20-22-38(34-13-5-2-6-14-34)44(32-36)57-28-30-59-48(55)26-24-46(52)53/h1-26,31-32H,27-30H2,(H,50,51)(H,52,53). The van der Waals surface area contributed by atoms with Crippen LogP contribution in [0, 0.1) is 0 Å². The molecule has 0 saturated carbocycles. The molecule has 6 aromatic rings. The first-order valence-corrected chi connectivity index (χ1v) is 18.8. The maximum atomic E-state index is 12.1. The van der Waals surface area contributed by atoms with E-state index < -0.39 is 29.3 Å². The van der Waals surface area contributed by atoms with E-state index in [0.29, 0.717) is 11.5 Å². The number of carboxylic acid groups (broad SMARTS) is 2. The van der Waals surface area contributed by atoms with E-state index in [-0.39, 0.29) is 26.4 Å². The average molecular weight is 787 g/mol. The van der Waals surface area contributed by atoms with Crippen LogP contribution in [-0.2, 0) is 34.1 Å². The van der Waals surface area contributed by atoms with Crippen molar-refractivity contribution in [2.75, 3.05) is 26.4 Å². The molecular weight excluding hydrogens is 749 g/mol. The Morgan fingerprint density at radius 1 is 0.441 bits per heavy atom. The van der Waals surface area contributed by atoms with Crippen molar-refractivity contribution in [3.63, 3.8) is 0 Å². The Morgan fingerprint density at radius 3 is 1.24 bits per heavy atom. The van der Waals surface area contributed by atoms with E-state index in [1.54, 1.807) is 0 Å². The second kappa shape index (κ2) is 18.0. The number of hydrogen-bond donors (Lipinski definition) is 2. The fourth-order valence-electron chi connectivity index (χ4n) is 7.45. The number of ether oxygens (including phenoxy) is 4. The van der Waals surface area contributed by atoms with E-state index in [9.17, 15) is 19.2 Å². The SMILES string of the molecule is O=C(O)C=CC(=O)OCCOc1cc(C2(c3ccc(-c4ccccc4)c(OCCOC(=O)C=CC(=O)O)c3)c3ccccc3-c3ccccc32)ccc1-c1ccccc1. The number of aliphatic carboxylic acids is 2. The van der Waals surface area contributed by atoms with Gasteiger partial charge in [0.15, 0.2) is 0 Å². The molecule has 0 spiro atoms. The highest BCUT2D eigenvalue weighted by molar-refractivity contribution is 5.91. The lowest BCUT2D eigenvalue weighted by atomic mass is 9.67. The molecule has 0 bridgehead atoms. The van der Waals surface area contributed by atoms with Gasteiger partial charge in [-0.15, -0.1) is 0 Å². The van der Waals surface area contributed by atoms with Crippen LogP contribution in [0.4, 0.5) is 0 Å². The summed E-state index contributed by atoms with van der Waals surface area (Å²) in [6, 6.07) is 48.4. The predicted molar refractivity (Wildman–Crippen MR) is 221 cm³/mol. The topological polar surface area (TPSA) is 146 Å². The van der Waals surface area contributed by atoms with E-state index >= 15 is 0 Å². The van der Waals surface area contributed by atoms with Gasteiger partial charge in [0.05, 0.1) is 5.41 Å². The molecule has 10 heteroatoms. The number of esters is 2. The van der Waals surface area contributed by atoms with Crippen LogP contribution in [0.15, 0.2) is 170 Å². The molecule has 0 aliphatic heterocycles. The predicted octanol–water partition coefficient (Wildman–Crippen LogP) is 8.51. The monoisotopic (exact) mass is 786 g/mol. The van der Waals surface area contributed by atoms with Crippen molar-refractivity contribution >= 4 is 23.9 Å². The van der Waals surface area contributed by atoms with Gasteiger partial charge in [-0.2, -0.15) is 0 Å². The number of fused-ring (bicyclic) bond motifs is 3. The summed E-state index contributed by atoms with van der Waals surface area (Å²) >= 11 is 0. The summed E-state index contributed by atoms with van der Waals surface area (Å²) in [4.78, 5) is 46.0. The average Bonchev–Trinajstić information content (AvgIpc) is 3.56. The molecule has 10 nitrogen and oxygen atoms in total. The van der Waals surface area contributed by atoms with E-state index in [0.717, 1.165) is 79.9 Å². The highest BCUT2D eigenvalue weighted by Gasteiger charge is 2.46. The number of rotatable bonds is 16. The molecule has 0 saturated heterocycles. The zero-order chi connectivity index (χ0) is 41.2. The normalized spacial score (nSPS) is 12.4. The van der Waals surface area contributed by atoms with Gasteiger partial charge in [0.1, 0.15) is 37.9 Å². The minimum Gasteiger partial charge on any atom is -0.489 e. The maximum absolute atomic E-state index is 12.1. The Labute approximate surface area is 340 Å². The Morgan fingerprint density at radius 2 is 0.831 bits per heavy atom. The first kappa shape index (κ1) is 39.5. The quantitative estimate of drug-likeness (QED) is 0.0556. The van der Waals surface area contributed by atoms with Gasteiger partial charge < -0.3 is 29.2 Å². The largest absolute Gasteiger partial charge is 0.489 e. The third-order valence-electron chi connectivity index (χ3n) is 9.85. The van der Waals surface area contributed by atoms with Crippen LogP contribution in [0.3, 0.4) is 0 Å².